The van der Waals surface area contributed by atoms with Crippen LogP contribution in [0.15, 0.2) is 29.4 Å². The smallest absolute Gasteiger partial charge is 0.425 e. The Morgan fingerprint density at radius 1 is 1.37 bits per heavy atom. The first kappa shape index (κ1) is 22.0. The fraction of sp³-hybridized carbons (Fsp3) is 0.294. The van der Waals surface area contributed by atoms with Crippen LogP contribution in [0, 0.1) is 5.82 Å². The number of aromatic nitrogens is 2. The number of carbonyl (C=O) groups is 1. The molecule has 0 radical (unpaired) electrons. The van der Waals surface area contributed by atoms with Gasteiger partial charge in [0.25, 0.3) is 11.9 Å². The normalized spacial score (nSPS) is 21.6. The zero-order valence-electron chi connectivity index (χ0n) is 15.1. The summed E-state index contributed by atoms with van der Waals surface area (Å²) in [7, 11) is 0. The molecule has 0 bridgehead atoms. The summed E-state index contributed by atoms with van der Waals surface area (Å²) in [6.45, 7) is 1.23. The van der Waals surface area contributed by atoms with Gasteiger partial charge in [-0.2, -0.15) is 13.2 Å². The van der Waals surface area contributed by atoms with E-state index in [4.69, 9.17) is 28.9 Å². The van der Waals surface area contributed by atoms with Gasteiger partial charge < -0.3 is 15.8 Å². The SMILES string of the molecule is CC1(c2nc(NC(=O)c3ncc(Cl)cc3Cl)ccc2F)CC(C(F)(F)F)OC(N)=N1. The standard InChI is InChI=1S/C17H13Cl2F4N5O2/c1-16(5-10(17(21,22)23)30-15(24)28-16)13-9(20)2-3-11(26-13)27-14(29)12-8(19)4-7(18)6-25-12/h2-4,6,10H,5H2,1H3,(H2,24,28)(H,26,27,29). The van der Waals surface area contributed by atoms with Gasteiger partial charge in [0, 0.05) is 12.6 Å². The molecule has 0 fully saturated rings. The zero-order valence-corrected chi connectivity index (χ0v) is 16.6. The number of ether oxygens (including phenoxy) is 1. The van der Waals surface area contributed by atoms with Crippen LogP contribution in [-0.2, 0) is 10.3 Å². The summed E-state index contributed by atoms with van der Waals surface area (Å²) in [5, 5.41) is 2.53. The number of nitrogens with two attached hydrogens (primary N) is 1. The van der Waals surface area contributed by atoms with Crippen LogP contribution in [0.5, 0.6) is 0 Å². The second kappa shape index (κ2) is 7.88. The molecular weight excluding hydrogens is 453 g/mol. The molecule has 1 aliphatic heterocycles. The molecule has 1 amide bonds. The predicted octanol–water partition coefficient (Wildman–Crippen LogP) is 4.06. The summed E-state index contributed by atoms with van der Waals surface area (Å²) in [5.41, 5.74) is 2.97. The zero-order chi connectivity index (χ0) is 22.3. The maximum atomic E-state index is 14.5. The van der Waals surface area contributed by atoms with Crippen LogP contribution in [0.1, 0.15) is 29.5 Å². The van der Waals surface area contributed by atoms with Crippen molar-refractivity contribution in [1.82, 2.24) is 9.97 Å². The first-order valence-corrected chi connectivity index (χ1v) is 9.03. The highest BCUT2D eigenvalue weighted by Crippen LogP contribution is 2.40. The molecule has 3 heterocycles. The number of amides is 1. The Balaban J connectivity index is 1.93. The average Bonchev–Trinajstić information content (AvgIpc) is 2.61. The van der Waals surface area contributed by atoms with Gasteiger partial charge in [-0.3, -0.25) is 4.79 Å². The third kappa shape index (κ3) is 4.57. The maximum absolute atomic E-state index is 14.5. The summed E-state index contributed by atoms with van der Waals surface area (Å²) in [6.07, 6.45) is -6.61. The Morgan fingerprint density at radius 2 is 2.07 bits per heavy atom. The first-order chi connectivity index (χ1) is 13.9. The minimum Gasteiger partial charge on any atom is -0.452 e. The molecule has 1 aliphatic rings. The number of pyridine rings is 2. The average molecular weight is 466 g/mol. The van der Waals surface area contributed by atoms with Crippen LogP contribution < -0.4 is 11.1 Å². The van der Waals surface area contributed by atoms with E-state index in [1.807, 2.05) is 0 Å². The summed E-state index contributed by atoms with van der Waals surface area (Å²) in [6, 6.07) is 2.60. The molecule has 0 aliphatic carbocycles. The van der Waals surface area contributed by atoms with E-state index in [1.54, 1.807) is 0 Å². The van der Waals surface area contributed by atoms with Crippen LogP contribution in [-0.4, -0.2) is 34.2 Å². The van der Waals surface area contributed by atoms with Crippen molar-refractivity contribution in [3.05, 3.63) is 51.6 Å². The third-order valence-corrected chi connectivity index (χ3v) is 4.68. The Bertz CT molecular complexity index is 1030. The van der Waals surface area contributed by atoms with Crippen molar-refractivity contribution in [3.8, 4) is 0 Å². The third-order valence-electron chi connectivity index (χ3n) is 4.19. The van der Waals surface area contributed by atoms with Crippen LogP contribution in [0.4, 0.5) is 23.4 Å². The maximum Gasteiger partial charge on any atom is 0.425 e. The van der Waals surface area contributed by atoms with Gasteiger partial charge in [-0.05, 0) is 25.1 Å². The van der Waals surface area contributed by atoms with Gasteiger partial charge in [0.05, 0.1) is 10.0 Å². The molecule has 0 saturated carbocycles. The van der Waals surface area contributed by atoms with Gasteiger partial charge in [0.2, 0.25) is 0 Å². The van der Waals surface area contributed by atoms with Crippen molar-refractivity contribution in [2.45, 2.75) is 31.2 Å². The Labute approximate surface area is 177 Å². The molecule has 160 valence electrons. The highest BCUT2D eigenvalue weighted by atomic mass is 35.5. The molecule has 0 saturated heterocycles. The number of rotatable bonds is 3. The van der Waals surface area contributed by atoms with Crippen LogP contribution >= 0.6 is 23.2 Å². The summed E-state index contributed by atoms with van der Waals surface area (Å²) < 4.78 is 58.4. The van der Waals surface area contributed by atoms with E-state index in [1.165, 1.54) is 19.2 Å². The quantitative estimate of drug-likeness (QED) is 0.665. The topological polar surface area (TPSA) is 102 Å². The number of hydrogen-bond donors (Lipinski definition) is 2. The van der Waals surface area contributed by atoms with Gasteiger partial charge >= 0.3 is 6.18 Å². The number of amidine groups is 1. The molecule has 0 aromatic carbocycles. The van der Waals surface area contributed by atoms with Crippen LogP contribution in [0.2, 0.25) is 10.0 Å². The lowest BCUT2D eigenvalue weighted by Crippen LogP contribution is -2.46. The van der Waals surface area contributed by atoms with Gasteiger partial charge in [-0.1, -0.05) is 23.2 Å². The number of nitrogens with one attached hydrogen (secondary N) is 1. The highest BCUT2D eigenvalue weighted by Gasteiger charge is 2.50. The monoisotopic (exact) mass is 465 g/mol. The number of nitrogens with zero attached hydrogens (tertiary/aromatic N) is 3. The lowest BCUT2D eigenvalue weighted by atomic mass is 9.89. The first-order valence-electron chi connectivity index (χ1n) is 8.27. The van der Waals surface area contributed by atoms with Crippen LogP contribution in [0.3, 0.4) is 0 Å². The van der Waals surface area contributed by atoms with Gasteiger partial charge in [0.1, 0.15) is 28.6 Å². The van der Waals surface area contributed by atoms with Gasteiger partial charge in [-0.25, -0.2) is 19.4 Å². The Kier molecular flexibility index (Phi) is 5.79. The number of carbonyl (C=O) groups excluding carboxylic acids is 1. The molecule has 13 heteroatoms. The molecule has 2 atom stereocenters. The molecule has 7 nitrogen and oxygen atoms in total. The number of halogens is 6. The number of alkyl halides is 3. The number of anilines is 1. The number of aliphatic imine (C=N–C) groups is 1. The van der Waals surface area contributed by atoms with Crippen molar-refractivity contribution < 1.29 is 27.1 Å². The number of hydrogen-bond acceptors (Lipinski definition) is 6. The van der Waals surface area contributed by atoms with E-state index in [2.05, 4.69) is 25.0 Å². The van der Waals surface area contributed by atoms with Gasteiger partial charge in [-0.15, -0.1) is 0 Å². The molecule has 0 spiro atoms. The van der Waals surface area contributed by atoms with Crippen molar-refractivity contribution in [2.75, 3.05) is 5.32 Å². The van der Waals surface area contributed by atoms with E-state index in [9.17, 15) is 22.4 Å². The lowest BCUT2D eigenvalue weighted by Gasteiger charge is -2.35. The predicted molar refractivity (Wildman–Crippen MR) is 101 cm³/mol. The summed E-state index contributed by atoms with van der Waals surface area (Å²) in [4.78, 5) is 24.0. The summed E-state index contributed by atoms with van der Waals surface area (Å²) >= 11 is 11.7. The van der Waals surface area contributed by atoms with E-state index in [-0.39, 0.29) is 21.6 Å². The second-order valence-corrected chi connectivity index (χ2v) is 7.38. The van der Waals surface area contributed by atoms with Crippen molar-refractivity contribution in [2.24, 2.45) is 10.7 Å². The Morgan fingerprint density at radius 3 is 2.70 bits per heavy atom. The van der Waals surface area contributed by atoms with E-state index >= 15 is 0 Å². The van der Waals surface area contributed by atoms with E-state index in [0.717, 1.165) is 12.1 Å². The molecule has 2 unspecified atom stereocenters. The lowest BCUT2D eigenvalue weighted by molar-refractivity contribution is -0.208. The molecule has 2 aromatic heterocycles. The fourth-order valence-corrected chi connectivity index (χ4v) is 3.31. The highest BCUT2D eigenvalue weighted by molar-refractivity contribution is 6.36. The van der Waals surface area contributed by atoms with Crippen molar-refractivity contribution in [1.29, 1.82) is 0 Å². The minimum atomic E-state index is -4.75. The fourth-order valence-electron chi connectivity index (χ4n) is 2.84. The van der Waals surface area contributed by atoms with Crippen molar-refractivity contribution in [3.63, 3.8) is 0 Å². The van der Waals surface area contributed by atoms with Crippen molar-refractivity contribution >= 4 is 40.9 Å². The molecule has 2 aromatic rings. The molecule has 3 rings (SSSR count). The van der Waals surface area contributed by atoms with Crippen LogP contribution in [0.25, 0.3) is 0 Å². The molecule has 30 heavy (non-hydrogen) atoms. The summed E-state index contributed by atoms with van der Waals surface area (Å²) in [5.74, 6) is -1.87. The van der Waals surface area contributed by atoms with E-state index in [0.29, 0.717) is 0 Å². The van der Waals surface area contributed by atoms with E-state index < -0.39 is 47.7 Å². The Hall–Kier alpha value is -2.66. The minimum absolute atomic E-state index is 0.0379. The molecular formula is C17H13Cl2F4N5O2. The second-order valence-electron chi connectivity index (χ2n) is 6.54. The molecule has 3 N–H and O–H groups in total. The largest absolute Gasteiger partial charge is 0.452 e. The van der Waals surface area contributed by atoms with Gasteiger partial charge in [0.15, 0.2) is 6.10 Å².